The fourth-order valence-corrected chi connectivity index (χ4v) is 8.27. The molecule has 0 aromatic rings. The minimum atomic E-state index is -0.141. The highest BCUT2D eigenvalue weighted by Crippen LogP contribution is 2.66. The second-order valence-corrected chi connectivity index (χ2v) is 13.1. The smallest absolute Gasteiger partial charge is 0.0594 e. The maximum atomic E-state index is 10.8. The molecule has 1 saturated carbocycles. The van der Waals surface area contributed by atoms with Crippen LogP contribution in [0.15, 0.2) is 35.5 Å². The second kappa shape index (κ2) is 7.89. The Balaban J connectivity index is 1.61. The third-order valence-corrected chi connectivity index (χ3v) is 10.9. The monoisotopic (exact) mass is 424 g/mol. The van der Waals surface area contributed by atoms with Crippen molar-refractivity contribution in [3.63, 3.8) is 0 Å². The van der Waals surface area contributed by atoms with E-state index in [9.17, 15) is 5.11 Å². The highest BCUT2D eigenvalue weighted by Gasteiger charge is 2.58. The molecule has 0 unspecified atom stereocenters. The third-order valence-electron chi connectivity index (χ3n) is 10.9. The van der Waals surface area contributed by atoms with Crippen LogP contribution in [-0.4, -0.2) is 11.2 Å². The predicted molar refractivity (Wildman–Crippen MR) is 133 cm³/mol. The van der Waals surface area contributed by atoms with Crippen LogP contribution in [0.25, 0.3) is 0 Å². The predicted octanol–water partition coefficient (Wildman–Crippen LogP) is 7.97. The molecular weight excluding hydrogens is 376 g/mol. The van der Waals surface area contributed by atoms with Crippen LogP contribution in [-0.2, 0) is 0 Å². The molecule has 174 valence electrons. The molecule has 0 heterocycles. The maximum absolute atomic E-state index is 10.8. The van der Waals surface area contributed by atoms with E-state index in [4.69, 9.17) is 0 Å². The Hall–Kier alpha value is -0.820. The fraction of sp³-hybridized carbons (Fsp3) is 0.800. The van der Waals surface area contributed by atoms with Gasteiger partial charge in [0, 0.05) is 5.92 Å². The number of rotatable bonds is 4. The number of aliphatic hydroxyl groups excluding tert-OH is 1. The molecule has 1 nitrogen and oxygen atoms in total. The molecule has 1 N–H and O–H groups in total. The molecule has 0 spiro atoms. The summed E-state index contributed by atoms with van der Waals surface area (Å²) in [5.41, 5.74) is 4.30. The van der Waals surface area contributed by atoms with E-state index >= 15 is 0 Å². The van der Waals surface area contributed by atoms with Crippen molar-refractivity contribution in [2.45, 2.75) is 100 Å². The largest absolute Gasteiger partial charge is 0.393 e. The van der Waals surface area contributed by atoms with Crippen molar-refractivity contribution < 1.29 is 5.11 Å². The zero-order chi connectivity index (χ0) is 22.8. The lowest BCUT2D eigenvalue weighted by atomic mass is 9.45. The van der Waals surface area contributed by atoms with Crippen LogP contribution in [0.2, 0.25) is 0 Å². The summed E-state index contributed by atoms with van der Waals surface area (Å²) in [4.78, 5) is 0. The number of fused-ring (bicyclic) bond motifs is 4. The van der Waals surface area contributed by atoms with Gasteiger partial charge in [-0.3, -0.25) is 0 Å². The van der Waals surface area contributed by atoms with Gasteiger partial charge in [0.1, 0.15) is 0 Å². The molecule has 0 radical (unpaired) electrons. The standard InChI is InChI=1S/C30H48O/c1-19(2)20(3)9-10-21(4)23-12-13-24-22-11-14-26-28(5,6)27(31)16-18-30(26,8)25(22)15-17-29(23,24)7/h9-10,12-13,19-21,23-24,26-27,31H,11,14-18H2,1-8H3/t20-,21+,23+,24+,26-,27-,29+,30+/m0/s1. The van der Waals surface area contributed by atoms with Crippen LogP contribution in [0.1, 0.15) is 93.9 Å². The van der Waals surface area contributed by atoms with Gasteiger partial charge >= 0.3 is 0 Å². The summed E-state index contributed by atoms with van der Waals surface area (Å²) in [6.45, 7) is 19.2. The van der Waals surface area contributed by atoms with Gasteiger partial charge < -0.3 is 5.11 Å². The van der Waals surface area contributed by atoms with E-state index in [1.807, 2.05) is 0 Å². The first-order valence-electron chi connectivity index (χ1n) is 13.2. The SMILES string of the molecule is CC(C)[C@@H](C)C=C[C@@H](C)[C@H]1C=C[C@@H]2C3=C(CC[C@@]21C)[C@@]1(C)CC[C@H](O)C(C)(C)[C@@H]1CC3. The van der Waals surface area contributed by atoms with Crippen LogP contribution < -0.4 is 0 Å². The summed E-state index contributed by atoms with van der Waals surface area (Å²) in [6, 6.07) is 0. The quantitative estimate of drug-likeness (QED) is 0.454. The maximum Gasteiger partial charge on any atom is 0.0594 e. The summed E-state index contributed by atoms with van der Waals surface area (Å²) in [7, 11) is 0. The van der Waals surface area contributed by atoms with Crippen molar-refractivity contribution in [1.29, 1.82) is 0 Å². The van der Waals surface area contributed by atoms with Crippen LogP contribution in [0.4, 0.5) is 0 Å². The van der Waals surface area contributed by atoms with Gasteiger partial charge in [-0.2, -0.15) is 0 Å². The van der Waals surface area contributed by atoms with E-state index in [1.165, 1.54) is 32.1 Å². The molecule has 31 heavy (non-hydrogen) atoms. The first-order chi connectivity index (χ1) is 14.4. The number of hydrogen-bond acceptors (Lipinski definition) is 1. The van der Waals surface area contributed by atoms with Gasteiger partial charge in [-0.1, -0.05) is 90.8 Å². The first-order valence-corrected chi connectivity index (χ1v) is 13.2. The van der Waals surface area contributed by atoms with Crippen molar-refractivity contribution in [1.82, 2.24) is 0 Å². The van der Waals surface area contributed by atoms with Gasteiger partial charge in [0.15, 0.2) is 0 Å². The van der Waals surface area contributed by atoms with Gasteiger partial charge in [-0.15, -0.1) is 0 Å². The molecule has 0 aromatic carbocycles. The Kier molecular flexibility index (Phi) is 5.94. The second-order valence-electron chi connectivity index (χ2n) is 13.1. The molecule has 0 bridgehead atoms. The van der Waals surface area contributed by atoms with Crippen molar-refractivity contribution in [3.05, 3.63) is 35.5 Å². The molecule has 0 aromatic heterocycles. The fourth-order valence-electron chi connectivity index (χ4n) is 8.27. The minimum Gasteiger partial charge on any atom is -0.393 e. The average Bonchev–Trinajstić information content (AvgIpc) is 3.06. The molecule has 1 fully saturated rings. The summed E-state index contributed by atoms with van der Waals surface area (Å²) in [5, 5.41) is 10.8. The minimum absolute atomic E-state index is 0.0345. The van der Waals surface area contributed by atoms with Crippen LogP contribution in [0.3, 0.4) is 0 Å². The van der Waals surface area contributed by atoms with Crippen LogP contribution >= 0.6 is 0 Å². The lowest BCUT2D eigenvalue weighted by molar-refractivity contribution is -0.0926. The molecule has 0 aliphatic heterocycles. The van der Waals surface area contributed by atoms with Crippen molar-refractivity contribution in [2.24, 2.45) is 51.8 Å². The molecule has 0 amide bonds. The summed E-state index contributed by atoms with van der Waals surface area (Å²) < 4.78 is 0. The van der Waals surface area contributed by atoms with Gasteiger partial charge in [0.2, 0.25) is 0 Å². The average molecular weight is 425 g/mol. The topological polar surface area (TPSA) is 20.2 Å². The Morgan fingerprint density at radius 2 is 1.65 bits per heavy atom. The van der Waals surface area contributed by atoms with E-state index < -0.39 is 0 Å². The molecule has 1 heteroatoms. The lowest BCUT2D eigenvalue weighted by Gasteiger charge is -2.60. The lowest BCUT2D eigenvalue weighted by Crippen LogP contribution is -2.53. The van der Waals surface area contributed by atoms with Crippen LogP contribution in [0.5, 0.6) is 0 Å². The van der Waals surface area contributed by atoms with Gasteiger partial charge in [0.05, 0.1) is 6.10 Å². The molecule has 0 saturated heterocycles. The van der Waals surface area contributed by atoms with E-state index in [-0.39, 0.29) is 11.5 Å². The van der Waals surface area contributed by atoms with Gasteiger partial charge in [-0.05, 0) is 84.4 Å². The summed E-state index contributed by atoms with van der Waals surface area (Å²) >= 11 is 0. The van der Waals surface area contributed by atoms with Crippen LogP contribution in [0, 0.1) is 51.8 Å². The highest BCUT2D eigenvalue weighted by molar-refractivity contribution is 5.39. The van der Waals surface area contributed by atoms with E-state index in [0.29, 0.717) is 46.3 Å². The Morgan fingerprint density at radius 3 is 2.32 bits per heavy atom. The van der Waals surface area contributed by atoms with Crippen molar-refractivity contribution in [3.8, 4) is 0 Å². The third kappa shape index (κ3) is 3.53. The molecule has 4 aliphatic rings. The summed E-state index contributed by atoms with van der Waals surface area (Å²) in [6.07, 6.45) is 17.3. The van der Waals surface area contributed by atoms with Crippen molar-refractivity contribution >= 4 is 0 Å². The highest BCUT2D eigenvalue weighted by atomic mass is 16.3. The van der Waals surface area contributed by atoms with E-state index in [0.717, 1.165) is 6.42 Å². The molecule has 8 atom stereocenters. The zero-order valence-corrected chi connectivity index (χ0v) is 21.5. The van der Waals surface area contributed by atoms with Crippen molar-refractivity contribution in [2.75, 3.05) is 0 Å². The summed E-state index contributed by atoms with van der Waals surface area (Å²) in [5.74, 6) is 3.86. The van der Waals surface area contributed by atoms with Gasteiger partial charge in [0.25, 0.3) is 0 Å². The molecule has 4 aliphatic carbocycles. The molecular formula is C30H48O. The zero-order valence-electron chi connectivity index (χ0n) is 21.5. The number of allylic oxidation sites excluding steroid dienone is 6. The van der Waals surface area contributed by atoms with E-state index in [1.54, 1.807) is 11.1 Å². The Bertz CT molecular complexity index is 782. The van der Waals surface area contributed by atoms with Gasteiger partial charge in [-0.25, -0.2) is 0 Å². The normalized spacial score (nSPS) is 43.7. The molecule has 4 rings (SSSR count). The Morgan fingerprint density at radius 1 is 0.935 bits per heavy atom. The number of aliphatic hydroxyl groups is 1. The Labute approximate surface area is 192 Å². The first kappa shape index (κ1) is 23.3. The van der Waals surface area contributed by atoms with E-state index in [2.05, 4.69) is 79.7 Å². The number of hydrogen-bond donors (Lipinski definition) is 1.